The lowest BCUT2D eigenvalue weighted by atomic mass is 9.96. The highest BCUT2D eigenvalue weighted by molar-refractivity contribution is 5.77. The summed E-state index contributed by atoms with van der Waals surface area (Å²) in [6.45, 7) is 6.42. The Balaban J connectivity index is 1.35. The van der Waals surface area contributed by atoms with Crippen LogP contribution in [0, 0.1) is 0 Å². The van der Waals surface area contributed by atoms with Crippen LogP contribution in [0.4, 0.5) is 0 Å². The van der Waals surface area contributed by atoms with Crippen LogP contribution in [0.2, 0.25) is 0 Å². The Kier molecular flexibility index (Phi) is 5.84. The van der Waals surface area contributed by atoms with Gasteiger partial charge in [0.15, 0.2) is 5.82 Å². The monoisotopic (exact) mass is 426 g/mol. The molecule has 5 rings (SSSR count). The molecular formula is C27H30N4O+2. The lowest BCUT2D eigenvalue weighted by molar-refractivity contribution is -1.04. The van der Waals surface area contributed by atoms with Crippen molar-refractivity contribution in [2.24, 2.45) is 0 Å². The molecule has 162 valence electrons. The van der Waals surface area contributed by atoms with Crippen molar-refractivity contribution in [1.82, 2.24) is 9.97 Å². The van der Waals surface area contributed by atoms with Crippen molar-refractivity contribution >= 4 is 10.9 Å². The molecule has 0 aliphatic carbocycles. The van der Waals surface area contributed by atoms with E-state index < -0.39 is 0 Å². The van der Waals surface area contributed by atoms with Crippen molar-refractivity contribution < 1.29 is 9.80 Å². The van der Waals surface area contributed by atoms with Crippen molar-refractivity contribution in [2.75, 3.05) is 26.2 Å². The van der Waals surface area contributed by atoms with Crippen LogP contribution in [0.15, 0.2) is 89.7 Å². The number of quaternary nitrogens is 2. The van der Waals surface area contributed by atoms with E-state index in [9.17, 15) is 4.79 Å². The van der Waals surface area contributed by atoms with Crippen molar-refractivity contribution in [1.29, 1.82) is 0 Å². The van der Waals surface area contributed by atoms with E-state index in [1.54, 1.807) is 4.90 Å². The molecule has 3 N–H and O–H groups in total. The maximum absolute atomic E-state index is 12.5. The predicted molar refractivity (Wildman–Crippen MR) is 127 cm³/mol. The number of fused-ring (bicyclic) bond motifs is 1. The second-order valence-electron chi connectivity index (χ2n) is 8.76. The number of aromatic amines is 1. The summed E-state index contributed by atoms with van der Waals surface area (Å²) in [5.74, 6) is 0.787. The summed E-state index contributed by atoms with van der Waals surface area (Å²) in [6, 6.07) is 29.8. The summed E-state index contributed by atoms with van der Waals surface area (Å²) < 4.78 is 0. The molecule has 5 nitrogen and oxygen atoms in total. The summed E-state index contributed by atoms with van der Waals surface area (Å²) >= 11 is 0. The first-order chi connectivity index (χ1) is 15.7. The van der Waals surface area contributed by atoms with Crippen LogP contribution in [-0.4, -0.2) is 36.1 Å². The quantitative estimate of drug-likeness (QED) is 0.454. The fourth-order valence-electron chi connectivity index (χ4n) is 5.07. The summed E-state index contributed by atoms with van der Waals surface area (Å²) in [5, 5.41) is 0.654. The van der Waals surface area contributed by atoms with E-state index in [0.717, 1.165) is 37.5 Å². The molecule has 1 saturated heterocycles. The summed E-state index contributed by atoms with van der Waals surface area (Å²) in [7, 11) is 0. The highest BCUT2D eigenvalue weighted by atomic mass is 16.1. The van der Waals surface area contributed by atoms with Gasteiger partial charge < -0.3 is 14.8 Å². The van der Waals surface area contributed by atoms with E-state index in [-0.39, 0.29) is 11.6 Å². The van der Waals surface area contributed by atoms with E-state index in [2.05, 4.69) is 72.6 Å². The number of nitrogens with one attached hydrogen (secondary N) is 3. The minimum absolute atomic E-state index is 0.0469. The molecule has 1 aliphatic rings. The Labute approximate surface area is 188 Å². The molecule has 0 unspecified atom stereocenters. The molecule has 32 heavy (non-hydrogen) atoms. The number of benzene rings is 3. The van der Waals surface area contributed by atoms with Crippen molar-refractivity contribution in [2.45, 2.75) is 19.0 Å². The third kappa shape index (κ3) is 4.09. The standard InChI is InChI=1S/C27H28N4O/c1-20(26-28-24-15-9-8-14-23(24)27(32)29-26)30-16-18-31(19-17-30)25(21-10-4-2-5-11-21)22-12-6-3-7-13-22/h2-15,20,25H,16-19H2,1H3,(H,28,29,32)/p+2/t20-/m1/s1. The van der Waals surface area contributed by atoms with Gasteiger partial charge in [-0.25, -0.2) is 4.98 Å². The molecule has 0 radical (unpaired) electrons. The molecule has 1 aromatic heterocycles. The molecule has 0 amide bonds. The highest BCUT2D eigenvalue weighted by Crippen LogP contribution is 2.19. The van der Waals surface area contributed by atoms with Crippen LogP contribution in [-0.2, 0) is 0 Å². The highest BCUT2D eigenvalue weighted by Gasteiger charge is 2.34. The first-order valence-corrected chi connectivity index (χ1v) is 11.5. The van der Waals surface area contributed by atoms with Crippen molar-refractivity contribution in [3.8, 4) is 0 Å². The second-order valence-corrected chi connectivity index (χ2v) is 8.76. The topological polar surface area (TPSA) is 54.6 Å². The van der Waals surface area contributed by atoms with Gasteiger partial charge in [-0.15, -0.1) is 0 Å². The number of H-pyrrole nitrogens is 1. The maximum atomic E-state index is 12.5. The smallest absolute Gasteiger partial charge is 0.258 e. The summed E-state index contributed by atoms with van der Waals surface area (Å²) in [6.07, 6.45) is 0. The zero-order chi connectivity index (χ0) is 21.9. The second kappa shape index (κ2) is 9.07. The Bertz CT molecular complexity index is 1190. The number of nitrogens with zero attached hydrogens (tertiary/aromatic N) is 1. The molecular weight excluding hydrogens is 396 g/mol. The van der Waals surface area contributed by atoms with Crippen LogP contribution in [0.25, 0.3) is 10.9 Å². The van der Waals surface area contributed by atoms with Crippen LogP contribution in [0.3, 0.4) is 0 Å². The zero-order valence-corrected chi connectivity index (χ0v) is 18.4. The van der Waals surface area contributed by atoms with Gasteiger partial charge in [0.1, 0.15) is 38.3 Å². The van der Waals surface area contributed by atoms with Gasteiger partial charge in [-0.1, -0.05) is 72.8 Å². The molecule has 0 bridgehead atoms. The predicted octanol–water partition coefficient (Wildman–Crippen LogP) is 1.56. The van der Waals surface area contributed by atoms with E-state index >= 15 is 0 Å². The normalized spacial score (nSPS) is 19.8. The minimum Gasteiger partial charge on any atom is -0.317 e. The average molecular weight is 427 g/mol. The Morgan fingerprint density at radius 3 is 1.91 bits per heavy atom. The Morgan fingerprint density at radius 1 is 0.750 bits per heavy atom. The van der Waals surface area contributed by atoms with Gasteiger partial charge in [-0.05, 0) is 19.1 Å². The van der Waals surface area contributed by atoms with Gasteiger partial charge in [-0.2, -0.15) is 0 Å². The average Bonchev–Trinajstić information content (AvgIpc) is 2.85. The Hall–Kier alpha value is -3.28. The lowest BCUT2D eigenvalue weighted by Crippen LogP contribution is -3.28. The van der Waals surface area contributed by atoms with Crippen LogP contribution >= 0.6 is 0 Å². The Morgan fingerprint density at radius 2 is 1.28 bits per heavy atom. The van der Waals surface area contributed by atoms with Gasteiger partial charge in [0.25, 0.3) is 5.56 Å². The third-order valence-corrected chi connectivity index (χ3v) is 6.86. The van der Waals surface area contributed by atoms with E-state index in [4.69, 9.17) is 4.98 Å². The number of para-hydroxylation sites is 1. The minimum atomic E-state index is -0.0469. The van der Waals surface area contributed by atoms with Gasteiger partial charge in [0.2, 0.25) is 0 Å². The number of piperazine rings is 1. The maximum Gasteiger partial charge on any atom is 0.258 e. The SMILES string of the molecule is C[C@H](c1nc2ccccc2c(=O)[nH]1)[NH+]1CC[NH+](C(c2ccccc2)c2ccccc2)CC1. The van der Waals surface area contributed by atoms with E-state index in [0.29, 0.717) is 11.4 Å². The van der Waals surface area contributed by atoms with Gasteiger partial charge in [-0.3, -0.25) is 4.79 Å². The third-order valence-electron chi connectivity index (χ3n) is 6.86. The molecule has 3 aromatic carbocycles. The fourth-order valence-corrected chi connectivity index (χ4v) is 5.07. The summed E-state index contributed by atoms with van der Waals surface area (Å²) in [4.78, 5) is 23.4. The molecule has 1 fully saturated rings. The van der Waals surface area contributed by atoms with Crippen LogP contribution in [0.5, 0.6) is 0 Å². The number of hydrogen-bond donors (Lipinski definition) is 3. The zero-order valence-electron chi connectivity index (χ0n) is 18.4. The largest absolute Gasteiger partial charge is 0.317 e. The molecule has 4 aromatic rings. The van der Waals surface area contributed by atoms with Gasteiger partial charge >= 0.3 is 0 Å². The first kappa shape index (κ1) is 20.6. The van der Waals surface area contributed by atoms with E-state index in [1.165, 1.54) is 16.0 Å². The van der Waals surface area contributed by atoms with Crippen LogP contribution < -0.4 is 15.4 Å². The van der Waals surface area contributed by atoms with Crippen molar-refractivity contribution in [3.63, 3.8) is 0 Å². The van der Waals surface area contributed by atoms with E-state index in [1.807, 2.05) is 24.3 Å². The number of rotatable bonds is 5. The molecule has 0 saturated carbocycles. The first-order valence-electron chi connectivity index (χ1n) is 11.5. The van der Waals surface area contributed by atoms with Crippen LogP contribution in [0.1, 0.15) is 36.0 Å². The van der Waals surface area contributed by atoms with Gasteiger partial charge in [0, 0.05) is 11.1 Å². The molecule has 2 heterocycles. The fraction of sp³-hybridized carbons (Fsp3) is 0.259. The van der Waals surface area contributed by atoms with Crippen molar-refractivity contribution in [3.05, 3.63) is 112 Å². The molecule has 1 atom stereocenters. The van der Waals surface area contributed by atoms with Gasteiger partial charge in [0.05, 0.1) is 10.9 Å². The number of aromatic nitrogens is 2. The molecule has 5 heteroatoms. The molecule has 0 spiro atoms. The number of hydrogen-bond acceptors (Lipinski definition) is 2. The molecule has 1 aliphatic heterocycles. The summed E-state index contributed by atoms with van der Waals surface area (Å²) in [5.41, 5.74) is 3.46. The lowest BCUT2D eigenvalue weighted by Gasteiger charge is -2.37.